The zero-order chi connectivity index (χ0) is 16.4. The molecule has 0 aliphatic heterocycles. The van der Waals surface area contributed by atoms with E-state index >= 15 is 0 Å². The molecule has 23 heavy (non-hydrogen) atoms. The molecule has 3 aromatic rings. The minimum Gasteiger partial charge on any atom is -0.335 e. The Bertz CT molecular complexity index is 896. The van der Waals surface area contributed by atoms with Crippen molar-refractivity contribution in [1.29, 1.82) is 0 Å². The molecule has 0 unspecified atom stereocenters. The molecule has 6 heteroatoms. The summed E-state index contributed by atoms with van der Waals surface area (Å²) in [6.45, 7) is 0. The quantitative estimate of drug-likeness (QED) is 0.799. The number of halogens is 1. The van der Waals surface area contributed by atoms with Crippen molar-refractivity contribution < 1.29 is 9.32 Å². The highest BCUT2D eigenvalue weighted by Crippen LogP contribution is 2.22. The second kappa shape index (κ2) is 6.14. The molecule has 1 heterocycles. The Kier molecular flexibility index (Phi) is 4.04. The van der Waals surface area contributed by atoms with Crippen LogP contribution in [0.5, 0.6) is 0 Å². The normalized spacial score (nSPS) is 10.5. The average Bonchev–Trinajstić information content (AvgIpc) is 2.85. The largest absolute Gasteiger partial charge is 0.370 e. The van der Waals surface area contributed by atoms with E-state index in [2.05, 4.69) is 5.32 Å². The molecular weight excluding hydrogens is 316 g/mol. The van der Waals surface area contributed by atoms with E-state index in [0.29, 0.717) is 16.4 Å². The summed E-state index contributed by atoms with van der Waals surface area (Å²) < 4.78 is 6.36. The fourth-order valence-corrected chi connectivity index (χ4v) is 2.44. The fourth-order valence-electron chi connectivity index (χ4n) is 2.32. The van der Waals surface area contributed by atoms with Gasteiger partial charge in [-0.15, -0.1) is 0 Å². The first kappa shape index (κ1) is 15.1. The average molecular weight is 329 g/mol. The van der Waals surface area contributed by atoms with Gasteiger partial charge in [0, 0.05) is 23.3 Å². The number of hydrogen-bond donors (Lipinski definition) is 1. The number of aryl methyl sites for hydroxylation is 1. The molecule has 0 fully saturated rings. The Labute approximate surface area is 137 Å². The summed E-state index contributed by atoms with van der Waals surface area (Å²) in [7, 11) is 1.59. The maximum Gasteiger partial charge on any atom is 0.370 e. The van der Waals surface area contributed by atoms with E-state index in [1.807, 2.05) is 30.3 Å². The van der Waals surface area contributed by atoms with Gasteiger partial charge in [-0.3, -0.25) is 4.79 Å². The second-order valence-electron chi connectivity index (χ2n) is 4.93. The monoisotopic (exact) mass is 328 g/mol. The molecule has 1 aromatic heterocycles. The van der Waals surface area contributed by atoms with Gasteiger partial charge in [0.2, 0.25) is 0 Å². The molecule has 1 N–H and O–H groups in total. The number of carbonyl (C=O) groups is 1. The summed E-state index contributed by atoms with van der Waals surface area (Å²) in [5.41, 5.74) is 0.984. The number of aromatic nitrogens is 1. The van der Waals surface area contributed by atoms with E-state index < -0.39 is 11.5 Å². The van der Waals surface area contributed by atoms with Crippen LogP contribution in [0.25, 0.3) is 11.3 Å². The first-order valence-corrected chi connectivity index (χ1v) is 7.26. The van der Waals surface area contributed by atoms with Crippen LogP contribution in [0.2, 0.25) is 5.02 Å². The lowest BCUT2D eigenvalue weighted by Crippen LogP contribution is -2.19. The van der Waals surface area contributed by atoms with Crippen LogP contribution in [-0.4, -0.2) is 10.6 Å². The Morgan fingerprint density at radius 2 is 1.74 bits per heavy atom. The number of carbonyl (C=O) groups excluding carboxylic acids is 1. The SMILES string of the molecule is Cn1oc(=O)c(C(=O)Nc2ccc(Cl)cc2)c1-c1ccccc1. The molecule has 1 amide bonds. The van der Waals surface area contributed by atoms with Crippen molar-refractivity contribution in [2.24, 2.45) is 7.05 Å². The predicted octanol–water partition coefficient (Wildman–Crippen LogP) is 3.55. The molecule has 0 aliphatic carbocycles. The van der Waals surface area contributed by atoms with Crippen LogP contribution < -0.4 is 10.9 Å². The standard InChI is InChI=1S/C17H13ClN2O3/c1-20-15(11-5-3-2-4-6-11)14(17(22)23-20)16(21)19-13-9-7-12(18)8-10-13/h2-10H,1H3,(H,19,21). The van der Waals surface area contributed by atoms with E-state index in [1.165, 1.54) is 4.74 Å². The minimum atomic E-state index is -0.683. The van der Waals surface area contributed by atoms with Gasteiger partial charge in [-0.1, -0.05) is 41.9 Å². The Balaban J connectivity index is 2.01. The van der Waals surface area contributed by atoms with Gasteiger partial charge in [0.15, 0.2) is 5.56 Å². The molecule has 0 spiro atoms. The number of rotatable bonds is 3. The van der Waals surface area contributed by atoms with Crippen molar-refractivity contribution in [3.8, 4) is 11.3 Å². The Morgan fingerprint density at radius 3 is 2.39 bits per heavy atom. The van der Waals surface area contributed by atoms with Crippen LogP contribution in [0.1, 0.15) is 10.4 Å². The van der Waals surface area contributed by atoms with Gasteiger partial charge >= 0.3 is 5.63 Å². The highest BCUT2D eigenvalue weighted by atomic mass is 35.5. The lowest BCUT2D eigenvalue weighted by Gasteiger charge is -2.06. The third kappa shape index (κ3) is 3.05. The summed E-state index contributed by atoms with van der Waals surface area (Å²) in [6.07, 6.45) is 0. The number of hydrogen-bond acceptors (Lipinski definition) is 3. The van der Waals surface area contributed by atoms with Crippen LogP contribution >= 0.6 is 11.6 Å². The van der Waals surface area contributed by atoms with Crippen LogP contribution in [-0.2, 0) is 7.05 Å². The first-order valence-electron chi connectivity index (χ1n) is 6.89. The molecule has 3 rings (SSSR count). The zero-order valence-corrected chi connectivity index (χ0v) is 13.0. The first-order chi connectivity index (χ1) is 11.1. The zero-order valence-electron chi connectivity index (χ0n) is 12.2. The number of nitrogens with zero attached hydrogens (tertiary/aromatic N) is 1. The molecule has 0 bridgehead atoms. The minimum absolute atomic E-state index is 0.0337. The van der Waals surface area contributed by atoms with Gasteiger partial charge in [-0.05, 0) is 24.3 Å². The Hall–Kier alpha value is -2.79. The highest BCUT2D eigenvalue weighted by molar-refractivity contribution is 6.30. The molecule has 116 valence electrons. The van der Waals surface area contributed by atoms with Crippen LogP contribution in [0.3, 0.4) is 0 Å². The predicted molar refractivity (Wildman–Crippen MR) is 88.8 cm³/mol. The summed E-state index contributed by atoms with van der Waals surface area (Å²) in [5.74, 6) is -0.527. The number of benzene rings is 2. The van der Waals surface area contributed by atoms with Gasteiger partial charge in [0.1, 0.15) is 5.69 Å². The third-order valence-electron chi connectivity index (χ3n) is 3.35. The van der Waals surface area contributed by atoms with Crippen LogP contribution in [0.4, 0.5) is 5.69 Å². The molecule has 0 radical (unpaired) electrons. The molecule has 0 aliphatic rings. The van der Waals surface area contributed by atoms with Crippen molar-refractivity contribution in [3.63, 3.8) is 0 Å². The molecular formula is C17H13ClN2O3. The Morgan fingerprint density at radius 1 is 1.09 bits per heavy atom. The third-order valence-corrected chi connectivity index (χ3v) is 3.60. The van der Waals surface area contributed by atoms with E-state index in [0.717, 1.165) is 5.56 Å². The maximum atomic E-state index is 12.5. The van der Waals surface area contributed by atoms with E-state index in [9.17, 15) is 9.59 Å². The van der Waals surface area contributed by atoms with Gasteiger partial charge in [-0.25, -0.2) is 9.53 Å². The number of anilines is 1. The summed E-state index contributed by atoms with van der Waals surface area (Å²) in [6, 6.07) is 15.8. The highest BCUT2D eigenvalue weighted by Gasteiger charge is 2.23. The number of nitrogens with one attached hydrogen (secondary N) is 1. The smallest absolute Gasteiger partial charge is 0.335 e. The van der Waals surface area contributed by atoms with E-state index in [4.69, 9.17) is 16.1 Å². The molecule has 0 atom stereocenters. The van der Waals surface area contributed by atoms with Gasteiger partial charge < -0.3 is 9.84 Å². The van der Waals surface area contributed by atoms with E-state index in [-0.39, 0.29) is 5.56 Å². The molecule has 2 aromatic carbocycles. The fraction of sp³-hybridized carbons (Fsp3) is 0.0588. The van der Waals surface area contributed by atoms with Crippen LogP contribution in [0.15, 0.2) is 63.9 Å². The molecule has 0 saturated heterocycles. The topological polar surface area (TPSA) is 64.2 Å². The number of amides is 1. The summed E-state index contributed by atoms with van der Waals surface area (Å²) in [4.78, 5) is 24.6. The van der Waals surface area contributed by atoms with Crippen molar-refractivity contribution >= 4 is 23.2 Å². The summed E-state index contributed by atoms with van der Waals surface area (Å²) in [5, 5.41) is 3.24. The second-order valence-corrected chi connectivity index (χ2v) is 5.36. The molecule has 5 nitrogen and oxygen atoms in total. The van der Waals surface area contributed by atoms with Crippen molar-refractivity contribution in [3.05, 3.63) is 75.6 Å². The van der Waals surface area contributed by atoms with E-state index in [1.54, 1.807) is 31.3 Å². The van der Waals surface area contributed by atoms with Crippen LogP contribution in [0, 0.1) is 0 Å². The van der Waals surface area contributed by atoms with Gasteiger partial charge in [0.05, 0.1) is 0 Å². The summed E-state index contributed by atoms with van der Waals surface area (Å²) >= 11 is 5.82. The lowest BCUT2D eigenvalue weighted by molar-refractivity contribution is 0.102. The van der Waals surface area contributed by atoms with Gasteiger partial charge in [-0.2, -0.15) is 0 Å². The van der Waals surface area contributed by atoms with Crippen molar-refractivity contribution in [2.75, 3.05) is 5.32 Å². The van der Waals surface area contributed by atoms with Crippen molar-refractivity contribution in [2.45, 2.75) is 0 Å². The maximum absolute atomic E-state index is 12.5. The lowest BCUT2D eigenvalue weighted by atomic mass is 10.1. The van der Waals surface area contributed by atoms with Crippen molar-refractivity contribution in [1.82, 2.24) is 4.74 Å². The molecule has 0 saturated carbocycles. The van der Waals surface area contributed by atoms with Gasteiger partial charge in [0.25, 0.3) is 5.91 Å².